The van der Waals surface area contributed by atoms with Gasteiger partial charge in [0.2, 0.25) is 0 Å². The number of benzene rings is 2. The number of aromatic nitrogens is 2. The topological polar surface area (TPSA) is 64.2 Å². The summed E-state index contributed by atoms with van der Waals surface area (Å²) in [7, 11) is 0. The highest BCUT2D eigenvalue weighted by Gasteiger charge is 2.12. The van der Waals surface area contributed by atoms with Crippen molar-refractivity contribution in [2.45, 2.75) is 20.8 Å². The Bertz CT molecular complexity index is 868. The van der Waals surface area contributed by atoms with Crippen molar-refractivity contribution < 1.29 is 14.3 Å². The van der Waals surface area contributed by atoms with Crippen LogP contribution in [0.1, 0.15) is 19.4 Å². The molecule has 5 heteroatoms. The summed E-state index contributed by atoms with van der Waals surface area (Å²) < 4.78 is 10.8. The highest BCUT2D eigenvalue weighted by molar-refractivity contribution is 5.82. The zero-order valence-electron chi connectivity index (χ0n) is 13.3. The summed E-state index contributed by atoms with van der Waals surface area (Å²) >= 11 is 0. The molecule has 0 radical (unpaired) electrons. The van der Waals surface area contributed by atoms with Crippen molar-refractivity contribution in [1.29, 1.82) is 0 Å². The smallest absolute Gasteiger partial charge is 0.308 e. The van der Waals surface area contributed by atoms with Crippen LogP contribution in [-0.2, 0) is 4.79 Å². The van der Waals surface area contributed by atoms with E-state index in [0.717, 1.165) is 28.0 Å². The van der Waals surface area contributed by atoms with Gasteiger partial charge < -0.3 is 14.5 Å². The molecule has 0 unspecified atom stereocenters. The number of aromatic amines is 1. The van der Waals surface area contributed by atoms with Crippen LogP contribution in [0.15, 0.2) is 36.4 Å². The summed E-state index contributed by atoms with van der Waals surface area (Å²) in [6, 6.07) is 11.4. The quantitative estimate of drug-likeness (QED) is 0.587. The molecule has 2 aromatic carbocycles. The van der Waals surface area contributed by atoms with Gasteiger partial charge >= 0.3 is 5.97 Å². The van der Waals surface area contributed by atoms with E-state index < -0.39 is 0 Å². The average Bonchev–Trinajstić information content (AvgIpc) is 2.94. The maximum Gasteiger partial charge on any atom is 0.308 e. The van der Waals surface area contributed by atoms with E-state index in [1.54, 1.807) is 6.07 Å². The molecule has 1 N–H and O–H groups in total. The van der Waals surface area contributed by atoms with Gasteiger partial charge in [-0.05, 0) is 43.7 Å². The van der Waals surface area contributed by atoms with Gasteiger partial charge in [0.25, 0.3) is 0 Å². The molecule has 0 fully saturated rings. The number of nitrogens with zero attached hydrogens (tertiary/aromatic N) is 1. The zero-order valence-corrected chi connectivity index (χ0v) is 13.3. The predicted molar refractivity (Wildman–Crippen MR) is 88.7 cm³/mol. The summed E-state index contributed by atoms with van der Waals surface area (Å²) in [6.45, 7) is 5.76. The third-order valence-corrected chi connectivity index (χ3v) is 3.49. The molecule has 0 aliphatic carbocycles. The molecule has 1 heterocycles. The van der Waals surface area contributed by atoms with Gasteiger partial charge in [0.1, 0.15) is 5.82 Å². The summed E-state index contributed by atoms with van der Waals surface area (Å²) in [5, 5.41) is 0. The first kappa shape index (κ1) is 15.1. The van der Waals surface area contributed by atoms with Crippen LogP contribution in [0.3, 0.4) is 0 Å². The minimum Gasteiger partial charge on any atom is -0.490 e. The molecule has 3 aromatic rings. The van der Waals surface area contributed by atoms with E-state index in [4.69, 9.17) is 9.47 Å². The van der Waals surface area contributed by atoms with E-state index >= 15 is 0 Å². The molecule has 0 amide bonds. The number of H-pyrrole nitrogens is 1. The van der Waals surface area contributed by atoms with E-state index in [2.05, 4.69) is 9.97 Å². The molecule has 0 spiro atoms. The first-order chi connectivity index (χ1) is 11.1. The second-order valence-electron chi connectivity index (χ2n) is 5.24. The molecular formula is C18H18N2O3. The molecule has 5 nitrogen and oxygen atoms in total. The van der Waals surface area contributed by atoms with Crippen LogP contribution < -0.4 is 9.47 Å². The number of carbonyl (C=O) groups is 1. The lowest BCUT2D eigenvalue weighted by Crippen LogP contribution is -2.04. The Hall–Kier alpha value is -2.82. The average molecular weight is 310 g/mol. The van der Waals surface area contributed by atoms with Gasteiger partial charge in [0.15, 0.2) is 11.5 Å². The van der Waals surface area contributed by atoms with Crippen LogP contribution in [0, 0.1) is 6.92 Å². The van der Waals surface area contributed by atoms with Crippen molar-refractivity contribution in [3.63, 3.8) is 0 Å². The number of nitrogens with one attached hydrogen (secondary N) is 1. The van der Waals surface area contributed by atoms with Crippen LogP contribution >= 0.6 is 0 Å². The summed E-state index contributed by atoms with van der Waals surface area (Å²) in [5.41, 5.74) is 3.93. The van der Waals surface area contributed by atoms with E-state index in [1.165, 1.54) is 6.92 Å². The first-order valence-corrected chi connectivity index (χ1v) is 7.49. The molecule has 0 bridgehead atoms. The van der Waals surface area contributed by atoms with Crippen LogP contribution in [-0.4, -0.2) is 22.5 Å². The minimum atomic E-state index is -0.377. The van der Waals surface area contributed by atoms with E-state index in [9.17, 15) is 4.79 Å². The molecule has 0 aliphatic rings. The second kappa shape index (κ2) is 6.12. The maximum absolute atomic E-state index is 11.2. The third kappa shape index (κ3) is 3.04. The van der Waals surface area contributed by atoms with Gasteiger partial charge in [0.05, 0.1) is 17.6 Å². The van der Waals surface area contributed by atoms with E-state index in [-0.39, 0.29) is 5.97 Å². The van der Waals surface area contributed by atoms with Gasteiger partial charge in [0, 0.05) is 12.5 Å². The Kier molecular flexibility index (Phi) is 4.02. The largest absolute Gasteiger partial charge is 0.490 e. The van der Waals surface area contributed by atoms with E-state index in [1.807, 2.05) is 44.2 Å². The maximum atomic E-state index is 11.2. The molecular weight excluding hydrogens is 292 g/mol. The lowest BCUT2D eigenvalue weighted by molar-refractivity contribution is -0.132. The van der Waals surface area contributed by atoms with Gasteiger partial charge in [-0.2, -0.15) is 0 Å². The first-order valence-electron chi connectivity index (χ1n) is 7.49. The number of carbonyl (C=O) groups excluding carboxylic acids is 1. The molecule has 118 valence electrons. The molecule has 0 atom stereocenters. The number of imidazole rings is 1. The van der Waals surface area contributed by atoms with Crippen LogP contribution in [0.2, 0.25) is 0 Å². The number of aryl methyl sites for hydroxylation is 1. The number of rotatable bonds is 4. The Balaban J connectivity index is 2.05. The number of hydrogen-bond donors (Lipinski definition) is 1. The van der Waals surface area contributed by atoms with Crippen molar-refractivity contribution in [2.75, 3.05) is 6.61 Å². The number of ether oxygens (including phenoxy) is 2. The zero-order chi connectivity index (χ0) is 16.4. The summed E-state index contributed by atoms with van der Waals surface area (Å²) in [6.07, 6.45) is 0. The van der Waals surface area contributed by atoms with Crippen LogP contribution in [0.25, 0.3) is 22.4 Å². The molecule has 3 rings (SSSR count). The normalized spacial score (nSPS) is 10.7. The third-order valence-electron chi connectivity index (χ3n) is 3.49. The molecule has 0 saturated carbocycles. The minimum absolute atomic E-state index is 0.377. The Morgan fingerprint density at radius 1 is 1.22 bits per heavy atom. The SMILES string of the molecule is CCOc1cc(-c2nc3c(C)cccc3[nH]2)ccc1OC(C)=O. The van der Waals surface area contributed by atoms with E-state index in [0.29, 0.717) is 18.1 Å². The van der Waals surface area contributed by atoms with Gasteiger partial charge in [-0.1, -0.05) is 12.1 Å². The molecule has 0 aliphatic heterocycles. The van der Waals surface area contributed by atoms with Crippen molar-refractivity contribution in [3.8, 4) is 22.9 Å². The van der Waals surface area contributed by atoms with Gasteiger partial charge in [-0.25, -0.2) is 4.98 Å². The Morgan fingerprint density at radius 2 is 2.04 bits per heavy atom. The molecule has 23 heavy (non-hydrogen) atoms. The predicted octanol–water partition coefficient (Wildman–Crippen LogP) is 3.86. The van der Waals surface area contributed by atoms with Crippen LogP contribution in [0.4, 0.5) is 0 Å². The van der Waals surface area contributed by atoms with Crippen LogP contribution in [0.5, 0.6) is 11.5 Å². The standard InChI is InChI=1S/C18H18N2O3/c1-4-22-16-10-13(8-9-15(16)23-12(3)21)18-19-14-7-5-6-11(2)17(14)20-18/h5-10H,4H2,1-3H3,(H,19,20). The number of para-hydroxylation sites is 1. The van der Waals surface area contributed by atoms with Gasteiger partial charge in [-0.15, -0.1) is 0 Å². The highest BCUT2D eigenvalue weighted by atomic mass is 16.6. The summed E-state index contributed by atoms with van der Waals surface area (Å²) in [4.78, 5) is 19.1. The second-order valence-corrected chi connectivity index (χ2v) is 5.24. The fourth-order valence-corrected chi connectivity index (χ4v) is 2.48. The number of hydrogen-bond acceptors (Lipinski definition) is 4. The lowest BCUT2D eigenvalue weighted by atomic mass is 10.2. The molecule has 0 saturated heterocycles. The van der Waals surface area contributed by atoms with Crippen molar-refractivity contribution in [3.05, 3.63) is 42.0 Å². The van der Waals surface area contributed by atoms with Crippen molar-refractivity contribution >= 4 is 17.0 Å². The van der Waals surface area contributed by atoms with Gasteiger partial charge in [-0.3, -0.25) is 4.79 Å². The Labute approximate surface area is 134 Å². The lowest BCUT2D eigenvalue weighted by Gasteiger charge is -2.10. The Morgan fingerprint density at radius 3 is 2.74 bits per heavy atom. The summed E-state index contributed by atoms with van der Waals surface area (Å²) in [5.74, 6) is 1.32. The molecule has 1 aromatic heterocycles. The highest BCUT2D eigenvalue weighted by Crippen LogP contribution is 2.33. The van der Waals surface area contributed by atoms with Crippen molar-refractivity contribution in [2.24, 2.45) is 0 Å². The monoisotopic (exact) mass is 310 g/mol. The number of fused-ring (bicyclic) bond motifs is 1. The fraction of sp³-hybridized carbons (Fsp3) is 0.222. The number of esters is 1. The fourth-order valence-electron chi connectivity index (χ4n) is 2.48. The van der Waals surface area contributed by atoms with Crippen molar-refractivity contribution in [1.82, 2.24) is 9.97 Å².